The Morgan fingerprint density at radius 3 is 2.56 bits per heavy atom. The van der Waals surface area contributed by atoms with Crippen molar-refractivity contribution in [1.82, 2.24) is 0 Å². The van der Waals surface area contributed by atoms with E-state index >= 15 is 0 Å². The topological polar surface area (TPSA) is 52.0 Å². The molecule has 0 spiro atoms. The molecule has 3 heteroatoms. The Morgan fingerprint density at radius 1 is 1.56 bits per heavy atom. The molecule has 0 atom stereocenters. The van der Waals surface area contributed by atoms with Crippen molar-refractivity contribution in [3.8, 4) is 0 Å². The van der Waals surface area contributed by atoms with Gasteiger partial charge in [0.1, 0.15) is 0 Å². The Hall–Kier alpha value is -0.310. The van der Waals surface area contributed by atoms with Crippen LogP contribution >= 0.6 is 11.6 Å². The smallest absolute Gasteiger partial charge is 0.0881 e. The number of hydrogen-bond acceptors (Lipinski definition) is 2. The average Bonchev–Trinajstić information content (AvgIpc) is 1.60. The molecule has 0 aromatic carbocycles. The van der Waals surface area contributed by atoms with E-state index in [1.807, 2.05) is 0 Å². The standard InChI is InChI=1S/C6H9ClN2/c7-5-2-1-3-6(8,9)4-5/h1-3H,4,8-9H2. The molecule has 2 nitrogen and oxygen atoms in total. The van der Waals surface area contributed by atoms with Gasteiger partial charge < -0.3 is 11.5 Å². The zero-order chi connectivity index (χ0) is 6.91. The first-order valence-electron chi connectivity index (χ1n) is 2.72. The van der Waals surface area contributed by atoms with E-state index < -0.39 is 5.66 Å². The monoisotopic (exact) mass is 144 g/mol. The van der Waals surface area contributed by atoms with Crippen molar-refractivity contribution in [3.63, 3.8) is 0 Å². The third-order valence-corrected chi connectivity index (χ3v) is 1.42. The maximum absolute atomic E-state index is 5.65. The fourth-order valence-corrected chi connectivity index (χ4v) is 1.05. The predicted molar refractivity (Wildman–Crippen MR) is 38.8 cm³/mol. The summed E-state index contributed by atoms with van der Waals surface area (Å²) >= 11 is 5.65. The van der Waals surface area contributed by atoms with Gasteiger partial charge in [-0.05, 0) is 6.08 Å². The van der Waals surface area contributed by atoms with Crippen molar-refractivity contribution in [2.45, 2.75) is 12.1 Å². The van der Waals surface area contributed by atoms with Crippen molar-refractivity contribution in [2.75, 3.05) is 0 Å². The summed E-state index contributed by atoms with van der Waals surface area (Å²) in [6.45, 7) is 0. The highest BCUT2D eigenvalue weighted by atomic mass is 35.5. The van der Waals surface area contributed by atoms with Crippen molar-refractivity contribution in [1.29, 1.82) is 0 Å². The Labute approximate surface area is 59.2 Å². The van der Waals surface area contributed by atoms with Gasteiger partial charge in [0.25, 0.3) is 0 Å². The van der Waals surface area contributed by atoms with Gasteiger partial charge >= 0.3 is 0 Å². The number of hydrogen-bond donors (Lipinski definition) is 2. The summed E-state index contributed by atoms with van der Waals surface area (Å²) in [5.41, 5.74) is 10.3. The third kappa shape index (κ3) is 1.82. The lowest BCUT2D eigenvalue weighted by Gasteiger charge is -2.21. The molecule has 1 rings (SSSR count). The fourth-order valence-electron chi connectivity index (χ4n) is 0.742. The van der Waals surface area contributed by atoms with Crippen molar-refractivity contribution in [3.05, 3.63) is 23.3 Å². The van der Waals surface area contributed by atoms with Crippen LogP contribution in [0.15, 0.2) is 23.3 Å². The van der Waals surface area contributed by atoms with Crippen LogP contribution in [0, 0.1) is 0 Å². The molecule has 4 N–H and O–H groups in total. The molecule has 0 amide bonds. The van der Waals surface area contributed by atoms with Crippen molar-refractivity contribution >= 4 is 11.6 Å². The summed E-state index contributed by atoms with van der Waals surface area (Å²) in [6, 6.07) is 0. The fraction of sp³-hybridized carbons (Fsp3) is 0.333. The Bertz CT molecular complexity index is 170. The molecule has 0 saturated carbocycles. The second-order valence-electron chi connectivity index (χ2n) is 2.26. The Balaban J connectivity index is 2.73. The molecule has 0 heterocycles. The number of halogens is 1. The van der Waals surface area contributed by atoms with E-state index in [-0.39, 0.29) is 0 Å². The molecule has 1 aliphatic rings. The predicted octanol–water partition coefficient (Wildman–Crippen LogP) is 0.683. The number of allylic oxidation sites excluding steroid dienone is 2. The minimum Gasteiger partial charge on any atom is -0.310 e. The van der Waals surface area contributed by atoms with E-state index in [1.54, 1.807) is 18.2 Å². The van der Waals surface area contributed by atoms with Gasteiger partial charge in [-0.25, -0.2) is 0 Å². The average molecular weight is 145 g/mol. The second kappa shape index (κ2) is 2.14. The van der Waals surface area contributed by atoms with Gasteiger partial charge in [0, 0.05) is 11.5 Å². The van der Waals surface area contributed by atoms with Crippen LogP contribution in [0.3, 0.4) is 0 Å². The normalized spacial score (nSPS) is 23.7. The molecular formula is C6H9ClN2. The van der Waals surface area contributed by atoms with E-state index in [2.05, 4.69) is 0 Å². The van der Waals surface area contributed by atoms with Gasteiger partial charge in [0.05, 0.1) is 5.66 Å². The minimum absolute atomic E-state index is 0.533. The van der Waals surface area contributed by atoms with Gasteiger partial charge in [-0.1, -0.05) is 23.8 Å². The molecule has 9 heavy (non-hydrogen) atoms. The van der Waals surface area contributed by atoms with Gasteiger partial charge in [0.2, 0.25) is 0 Å². The number of rotatable bonds is 0. The molecule has 0 radical (unpaired) electrons. The Kier molecular flexibility index (Phi) is 1.62. The van der Waals surface area contributed by atoms with Crippen LogP contribution in [-0.4, -0.2) is 5.66 Å². The molecule has 0 aromatic heterocycles. The highest BCUT2D eigenvalue weighted by Gasteiger charge is 2.17. The molecule has 1 aliphatic carbocycles. The van der Waals surface area contributed by atoms with E-state index in [0.29, 0.717) is 11.5 Å². The molecule has 0 saturated heterocycles. The third-order valence-electron chi connectivity index (χ3n) is 1.16. The summed E-state index contributed by atoms with van der Waals surface area (Å²) in [5, 5.41) is 0.711. The summed E-state index contributed by atoms with van der Waals surface area (Å²) < 4.78 is 0. The van der Waals surface area contributed by atoms with Gasteiger partial charge in [-0.15, -0.1) is 0 Å². The largest absolute Gasteiger partial charge is 0.310 e. The van der Waals surface area contributed by atoms with Gasteiger partial charge in [0.15, 0.2) is 0 Å². The van der Waals surface area contributed by atoms with Gasteiger partial charge in [-0.2, -0.15) is 0 Å². The summed E-state index contributed by atoms with van der Waals surface area (Å²) in [4.78, 5) is 0. The summed E-state index contributed by atoms with van der Waals surface area (Å²) in [5.74, 6) is 0. The maximum atomic E-state index is 5.65. The lowest BCUT2D eigenvalue weighted by Crippen LogP contribution is -2.47. The highest BCUT2D eigenvalue weighted by molar-refractivity contribution is 6.29. The lowest BCUT2D eigenvalue weighted by atomic mass is 10.0. The highest BCUT2D eigenvalue weighted by Crippen LogP contribution is 2.18. The van der Waals surface area contributed by atoms with Crippen molar-refractivity contribution < 1.29 is 0 Å². The number of nitrogens with two attached hydrogens (primary N) is 2. The maximum Gasteiger partial charge on any atom is 0.0881 e. The lowest BCUT2D eigenvalue weighted by molar-refractivity contribution is 0.552. The van der Waals surface area contributed by atoms with E-state index in [4.69, 9.17) is 23.1 Å². The van der Waals surface area contributed by atoms with E-state index in [0.717, 1.165) is 0 Å². The van der Waals surface area contributed by atoms with Crippen LogP contribution in [0.25, 0.3) is 0 Å². The molecule has 0 fully saturated rings. The molecule has 0 bridgehead atoms. The zero-order valence-electron chi connectivity index (χ0n) is 4.97. The second-order valence-corrected chi connectivity index (χ2v) is 2.75. The van der Waals surface area contributed by atoms with Crippen LogP contribution in [0.5, 0.6) is 0 Å². The first kappa shape index (κ1) is 6.81. The SMILES string of the molecule is NC1(N)C=CC=C(Cl)C1. The minimum atomic E-state index is -0.730. The van der Waals surface area contributed by atoms with Crippen LogP contribution < -0.4 is 11.5 Å². The van der Waals surface area contributed by atoms with Gasteiger partial charge in [-0.3, -0.25) is 0 Å². The van der Waals surface area contributed by atoms with Crippen LogP contribution in [0.1, 0.15) is 6.42 Å². The summed E-state index contributed by atoms with van der Waals surface area (Å²) in [6.07, 6.45) is 5.83. The quantitative estimate of drug-likeness (QED) is 0.492. The Morgan fingerprint density at radius 2 is 2.22 bits per heavy atom. The first-order chi connectivity index (χ1) is 4.10. The molecule has 50 valence electrons. The van der Waals surface area contributed by atoms with E-state index in [9.17, 15) is 0 Å². The summed E-state index contributed by atoms with van der Waals surface area (Å²) in [7, 11) is 0. The van der Waals surface area contributed by atoms with Crippen LogP contribution in [0.2, 0.25) is 0 Å². The molecular weight excluding hydrogens is 136 g/mol. The zero-order valence-corrected chi connectivity index (χ0v) is 5.73. The van der Waals surface area contributed by atoms with Crippen molar-refractivity contribution in [2.24, 2.45) is 11.5 Å². The molecule has 0 aliphatic heterocycles. The van der Waals surface area contributed by atoms with Crippen LogP contribution in [-0.2, 0) is 0 Å². The molecule has 0 unspecified atom stereocenters. The molecule has 0 aromatic rings. The van der Waals surface area contributed by atoms with Crippen LogP contribution in [0.4, 0.5) is 0 Å². The first-order valence-corrected chi connectivity index (χ1v) is 3.10. The van der Waals surface area contributed by atoms with E-state index in [1.165, 1.54) is 0 Å².